The summed E-state index contributed by atoms with van der Waals surface area (Å²) in [6.07, 6.45) is -2.12. The van der Waals surface area contributed by atoms with E-state index in [1.165, 1.54) is 12.1 Å². The number of carbonyl (C=O) groups excluding carboxylic acids is 1. The zero-order chi connectivity index (χ0) is 20.7. The molecule has 0 spiro atoms. The maximum Gasteiger partial charge on any atom is 0.416 e. The number of aromatic nitrogens is 1. The van der Waals surface area contributed by atoms with E-state index in [1.807, 2.05) is 30.3 Å². The Hall–Kier alpha value is -3.29. The highest BCUT2D eigenvalue weighted by Gasteiger charge is 2.30. The van der Waals surface area contributed by atoms with Crippen LogP contribution in [0.15, 0.2) is 60.8 Å². The lowest BCUT2D eigenvalue weighted by atomic mass is 10.2. The second-order valence-corrected chi connectivity index (χ2v) is 6.19. The maximum absolute atomic E-state index is 12.5. The van der Waals surface area contributed by atoms with Crippen LogP contribution in [-0.2, 0) is 11.0 Å². The summed E-state index contributed by atoms with van der Waals surface area (Å²) in [5, 5.41) is 3.66. The largest absolute Gasteiger partial charge is 0.491 e. The Kier molecular flexibility index (Phi) is 6.54. The molecule has 0 aliphatic heterocycles. The van der Waals surface area contributed by atoms with Crippen LogP contribution in [0.4, 0.5) is 13.2 Å². The Labute approximate surface area is 165 Å². The third-order valence-corrected chi connectivity index (χ3v) is 4.05. The second kappa shape index (κ2) is 9.27. The van der Waals surface area contributed by atoms with Gasteiger partial charge in [0.15, 0.2) is 6.61 Å². The molecular weight excluding hydrogens is 385 g/mol. The predicted molar refractivity (Wildman–Crippen MR) is 102 cm³/mol. The van der Waals surface area contributed by atoms with Gasteiger partial charge in [0.25, 0.3) is 5.91 Å². The van der Waals surface area contributed by atoms with Crippen molar-refractivity contribution < 1.29 is 27.4 Å². The minimum absolute atomic E-state index is 0.194. The van der Waals surface area contributed by atoms with Gasteiger partial charge in [-0.1, -0.05) is 18.2 Å². The van der Waals surface area contributed by atoms with Crippen molar-refractivity contribution in [3.05, 3.63) is 66.4 Å². The highest BCUT2D eigenvalue weighted by Crippen LogP contribution is 2.30. The number of alkyl halides is 3. The molecule has 0 aliphatic carbocycles. The van der Waals surface area contributed by atoms with Crippen molar-refractivity contribution in [1.82, 2.24) is 10.3 Å². The van der Waals surface area contributed by atoms with Crippen molar-refractivity contribution in [3.8, 4) is 11.5 Å². The number of halogens is 3. The molecule has 29 heavy (non-hydrogen) atoms. The van der Waals surface area contributed by atoms with Crippen LogP contribution in [0.2, 0.25) is 0 Å². The first-order valence-corrected chi connectivity index (χ1v) is 8.97. The van der Waals surface area contributed by atoms with Crippen LogP contribution in [0.1, 0.15) is 12.0 Å². The molecule has 3 rings (SSSR count). The van der Waals surface area contributed by atoms with Crippen molar-refractivity contribution in [3.63, 3.8) is 0 Å². The van der Waals surface area contributed by atoms with E-state index in [0.717, 1.165) is 23.0 Å². The SMILES string of the molecule is O=C(COc1ccc(C(F)(F)F)cc1)NCCCOc1cccc2cccnc12. The number of pyridine rings is 1. The molecule has 0 aliphatic rings. The van der Waals surface area contributed by atoms with E-state index in [9.17, 15) is 18.0 Å². The number of ether oxygens (including phenoxy) is 2. The third kappa shape index (κ3) is 5.84. The summed E-state index contributed by atoms with van der Waals surface area (Å²) in [7, 11) is 0. The van der Waals surface area contributed by atoms with Gasteiger partial charge < -0.3 is 14.8 Å². The standard InChI is InChI=1S/C21H19F3N2O3/c22-21(23,24)16-7-9-17(10-8-16)29-14-19(27)25-12-3-13-28-18-6-1-4-15-5-2-11-26-20(15)18/h1-2,4-11H,3,12-14H2,(H,25,27). The van der Waals surface area contributed by atoms with Crippen LogP contribution >= 0.6 is 0 Å². The zero-order valence-electron chi connectivity index (χ0n) is 15.4. The minimum Gasteiger partial charge on any atom is -0.491 e. The highest BCUT2D eigenvalue weighted by atomic mass is 19.4. The van der Waals surface area contributed by atoms with Crippen LogP contribution in [0, 0.1) is 0 Å². The van der Waals surface area contributed by atoms with Crippen molar-refractivity contribution in [2.24, 2.45) is 0 Å². The summed E-state index contributed by atoms with van der Waals surface area (Å²) in [4.78, 5) is 16.1. The summed E-state index contributed by atoms with van der Waals surface area (Å²) >= 11 is 0. The first-order chi connectivity index (χ1) is 13.9. The topological polar surface area (TPSA) is 60.5 Å². The van der Waals surface area contributed by atoms with E-state index < -0.39 is 11.7 Å². The van der Waals surface area contributed by atoms with Gasteiger partial charge in [-0.3, -0.25) is 9.78 Å². The summed E-state index contributed by atoms with van der Waals surface area (Å²) < 4.78 is 48.4. The third-order valence-electron chi connectivity index (χ3n) is 4.05. The van der Waals surface area contributed by atoms with Gasteiger partial charge in [0.2, 0.25) is 0 Å². The number of hydrogen-bond donors (Lipinski definition) is 1. The number of benzene rings is 2. The van der Waals surface area contributed by atoms with Crippen molar-refractivity contribution in [2.75, 3.05) is 19.8 Å². The molecule has 0 saturated heterocycles. The van der Waals surface area contributed by atoms with E-state index in [0.29, 0.717) is 25.3 Å². The average molecular weight is 404 g/mol. The second-order valence-electron chi connectivity index (χ2n) is 6.19. The van der Waals surface area contributed by atoms with Gasteiger partial charge in [0, 0.05) is 18.1 Å². The van der Waals surface area contributed by atoms with E-state index >= 15 is 0 Å². The Balaban J connectivity index is 1.36. The quantitative estimate of drug-likeness (QED) is 0.571. The van der Waals surface area contributed by atoms with Crippen molar-refractivity contribution >= 4 is 16.8 Å². The maximum atomic E-state index is 12.5. The van der Waals surface area contributed by atoms with E-state index in [2.05, 4.69) is 10.3 Å². The van der Waals surface area contributed by atoms with Gasteiger partial charge in [0.1, 0.15) is 17.0 Å². The van der Waals surface area contributed by atoms with Crippen LogP contribution in [0.5, 0.6) is 11.5 Å². The fourth-order valence-electron chi connectivity index (χ4n) is 2.61. The molecule has 8 heteroatoms. The van der Waals surface area contributed by atoms with Crippen LogP contribution < -0.4 is 14.8 Å². The van der Waals surface area contributed by atoms with Gasteiger partial charge in [0.05, 0.1) is 12.2 Å². The number of fused-ring (bicyclic) bond motifs is 1. The smallest absolute Gasteiger partial charge is 0.416 e. The summed E-state index contributed by atoms with van der Waals surface area (Å²) in [5.74, 6) is 0.511. The van der Waals surface area contributed by atoms with Gasteiger partial charge in [-0.2, -0.15) is 13.2 Å². The van der Waals surface area contributed by atoms with Gasteiger partial charge >= 0.3 is 6.18 Å². The number of para-hydroxylation sites is 1. The molecule has 0 bridgehead atoms. The molecule has 1 heterocycles. The fourth-order valence-corrected chi connectivity index (χ4v) is 2.61. The Bertz CT molecular complexity index is 954. The lowest BCUT2D eigenvalue weighted by Crippen LogP contribution is -2.30. The molecule has 5 nitrogen and oxygen atoms in total. The van der Waals surface area contributed by atoms with Crippen molar-refractivity contribution in [2.45, 2.75) is 12.6 Å². The molecule has 0 atom stereocenters. The summed E-state index contributed by atoms with van der Waals surface area (Å²) in [6, 6.07) is 13.7. The minimum atomic E-state index is -4.40. The number of nitrogens with one attached hydrogen (secondary N) is 1. The molecule has 0 radical (unpaired) electrons. The van der Waals surface area contributed by atoms with Gasteiger partial charge in [-0.25, -0.2) is 0 Å². The Morgan fingerprint density at radius 1 is 1.00 bits per heavy atom. The molecule has 0 saturated carbocycles. The summed E-state index contributed by atoms with van der Waals surface area (Å²) in [5.41, 5.74) is 0.0136. The van der Waals surface area contributed by atoms with Crippen LogP contribution in [0.25, 0.3) is 10.9 Å². The first-order valence-electron chi connectivity index (χ1n) is 8.97. The Morgan fingerprint density at radius 3 is 2.52 bits per heavy atom. The number of rotatable bonds is 8. The summed E-state index contributed by atoms with van der Waals surface area (Å²) in [6.45, 7) is 0.503. The number of amides is 1. The highest BCUT2D eigenvalue weighted by molar-refractivity contribution is 5.84. The lowest BCUT2D eigenvalue weighted by molar-refractivity contribution is -0.137. The van der Waals surface area contributed by atoms with E-state index in [-0.39, 0.29) is 18.3 Å². The predicted octanol–water partition coefficient (Wildman–Crippen LogP) is 4.22. The molecule has 0 unspecified atom stereocenters. The molecule has 2 aromatic carbocycles. The molecule has 1 amide bonds. The Morgan fingerprint density at radius 2 is 1.76 bits per heavy atom. The monoisotopic (exact) mass is 404 g/mol. The molecule has 152 valence electrons. The number of carbonyl (C=O) groups is 1. The number of hydrogen-bond acceptors (Lipinski definition) is 4. The van der Waals surface area contributed by atoms with E-state index in [1.54, 1.807) is 6.20 Å². The lowest BCUT2D eigenvalue weighted by Gasteiger charge is -2.10. The van der Waals surface area contributed by atoms with Crippen LogP contribution in [0.3, 0.4) is 0 Å². The average Bonchev–Trinajstić information content (AvgIpc) is 2.72. The number of nitrogens with zero attached hydrogens (tertiary/aromatic N) is 1. The molecule has 3 aromatic rings. The van der Waals surface area contributed by atoms with Gasteiger partial charge in [-0.15, -0.1) is 0 Å². The molecular formula is C21H19F3N2O3. The first kappa shape index (κ1) is 20.4. The van der Waals surface area contributed by atoms with Crippen molar-refractivity contribution in [1.29, 1.82) is 0 Å². The normalized spacial score (nSPS) is 11.3. The molecule has 0 fully saturated rings. The fraction of sp³-hybridized carbons (Fsp3) is 0.238. The molecule has 1 aromatic heterocycles. The molecule has 1 N–H and O–H groups in total. The zero-order valence-corrected chi connectivity index (χ0v) is 15.4. The van der Waals surface area contributed by atoms with E-state index in [4.69, 9.17) is 9.47 Å². The van der Waals surface area contributed by atoms with Crippen LogP contribution in [-0.4, -0.2) is 30.6 Å². The van der Waals surface area contributed by atoms with Gasteiger partial charge in [-0.05, 0) is 42.8 Å².